The predicted octanol–water partition coefficient (Wildman–Crippen LogP) is 8.83. The molecule has 10 N–H and O–H groups in total. The number of esters is 1. The zero-order valence-corrected chi connectivity index (χ0v) is 76.9. The van der Waals surface area contributed by atoms with Crippen molar-refractivity contribution in [1.29, 1.82) is 0 Å². The normalized spacial score (nSPS) is 29.3. The molecule has 130 heavy (non-hydrogen) atoms. The van der Waals surface area contributed by atoms with Crippen LogP contribution in [0.3, 0.4) is 0 Å². The lowest BCUT2D eigenvalue weighted by Gasteiger charge is -2.43. The molecule has 4 aromatic heterocycles. The van der Waals surface area contributed by atoms with Gasteiger partial charge in [0.25, 0.3) is 23.6 Å². The summed E-state index contributed by atoms with van der Waals surface area (Å²) < 4.78 is 43.6. The van der Waals surface area contributed by atoms with Gasteiger partial charge in [0.05, 0.1) is 67.8 Å². The molecule has 6 aromatic rings. The monoisotopic (exact) mass is 1800 g/mol. The number of piperidine rings is 3. The number of nitrogens with two attached hydrogens (primary N) is 2. The summed E-state index contributed by atoms with van der Waals surface area (Å²) in [5.74, 6) is -7.00. The third kappa shape index (κ3) is 24.5. The number of nitrogen functional groups attached to an aromatic ring is 2. The van der Waals surface area contributed by atoms with Gasteiger partial charge in [-0.25, -0.2) is 29.4 Å². The van der Waals surface area contributed by atoms with Crippen LogP contribution in [0, 0.1) is 41.4 Å². The number of hydrogen-bond acceptors (Lipinski definition) is 29. The lowest BCUT2D eigenvalue weighted by molar-refractivity contribution is -0.265. The summed E-state index contributed by atoms with van der Waals surface area (Å²) in [4.78, 5) is 120. The van der Waals surface area contributed by atoms with Gasteiger partial charge in [-0.2, -0.15) is 10.1 Å². The van der Waals surface area contributed by atoms with Gasteiger partial charge in [-0.3, -0.25) is 24.0 Å². The fraction of sp³-hybridized carbons (Fsp3) is 0.615. The highest BCUT2D eigenvalue weighted by molar-refractivity contribution is 6.39. The van der Waals surface area contributed by atoms with Gasteiger partial charge in [-0.15, -0.1) is 0 Å². The molecule has 1 aliphatic carbocycles. The quantitative estimate of drug-likeness (QED) is 0.00975. The van der Waals surface area contributed by atoms with Crippen LogP contribution < -0.4 is 27.0 Å². The zero-order valence-electron chi connectivity index (χ0n) is 76.9. The summed E-state index contributed by atoms with van der Waals surface area (Å²) in [7, 11) is 4.61. The molecule has 0 spiro atoms. The molecular weight excluding hydrogens is 1670 g/mol. The lowest BCUT2D eigenvalue weighted by Crippen LogP contribution is -2.61. The lowest BCUT2D eigenvalue weighted by atomic mass is 9.78. The first-order chi connectivity index (χ1) is 62.6. The summed E-state index contributed by atoms with van der Waals surface area (Å²) in [6, 6.07) is 11.1. The second-order valence-electron chi connectivity index (χ2n) is 36.9. The van der Waals surface area contributed by atoms with E-state index in [0.717, 1.165) is 74.1 Å². The van der Waals surface area contributed by atoms with Crippen LogP contribution in [0.5, 0.6) is 0 Å². The summed E-state index contributed by atoms with van der Waals surface area (Å²) >= 11 is 0. The summed E-state index contributed by atoms with van der Waals surface area (Å²) in [5.41, 5.74) is 21.0. The first-order valence-corrected chi connectivity index (χ1v) is 46.5. The van der Waals surface area contributed by atoms with Crippen LogP contribution >= 0.6 is 0 Å². The highest BCUT2D eigenvalue weighted by Crippen LogP contribution is 2.40. The number of likely N-dealkylation sites (tertiary alicyclic amines) is 1. The Bertz CT molecular complexity index is 5020. The second-order valence-corrected chi connectivity index (χ2v) is 36.9. The van der Waals surface area contributed by atoms with E-state index >= 15 is 0 Å². The van der Waals surface area contributed by atoms with Gasteiger partial charge in [0, 0.05) is 133 Å². The largest absolute Gasteiger partial charge is 0.460 e. The van der Waals surface area contributed by atoms with Gasteiger partial charge in [-0.1, -0.05) is 94.4 Å². The number of aliphatic hydroxyl groups is 4. The first kappa shape index (κ1) is 97.5. The SMILES string of the molecule is CO[C@H]1C[C@@H]2CC[C@@H](C)[C@@](O)(O2)C(=O)C(=O)N2CCCC[C@H]2C(=O)O[C@H]([C@H](C)C[C@@H]2CC[C@@H](O)[C@H](OC)C2)C[C@@H](O)[C@H](C)/C=C(\C)[C@@H](O)[C@@H](OC)C(=NOCC(=O)NCc2cnc(N3CCC(N4CCC(C(=O)NCCOCCC(=O)N5CCc6cc(Cn7nc(-c8ccc9oc(N)nc9c8)c8c(N)ncnc87)ccc6C5)CC4)CC3)nc2)[C@H](C)C[C@H](C)/C=C/C=C/C=C/1C. The van der Waals surface area contributed by atoms with E-state index in [-0.39, 0.29) is 98.9 Å². The van der Waals surface area contributed by atoms with Crippen LogP contribution in [0.15, 0.2) is 112 Å². The molecule has 4 saturated heterocycles. The minimum Gasteiger partial charge on any atom is -0.460 e. The van der Waals surface area contributed by atoms with E-state index < -0.39 is 96.6 Å². The summed E-state index contributed by atoms with van der Waals surface area (Å²) in [6.07, 6.45) is 19.4. The maximum atomic E-state index is 14.8. The van der Waals surface area contributed by atoms with Crippen molar-refractivity contribution < 1.29 is 86.9 Å². The molecule has 7 aliphatic rings. The van der Waals surface area contributed by atoms with Crippen molar-refractivity contribution in [3.8, 4) is 11.3 Å². The number of anilines is 3. The summed E-state index contributed by atoms with van der Waals surface area (Å²) in [6.45, 7) is 18.4. The third-order valence-corrected chi connectivity index (χ3v) is 27.6. The molecule has 2 aromatic carbocycles. The molecule has 4 amide bonds. The maximum absolute atomic E-state index is 14.8. The molecule has 2 bridgehead atoms. The van der Waals surface area contributed by atoms with E-state index in [1.54, 1.807) is 59.5 Å². The Balaban J connectivity index is 0.560. The number of oxazole rings is 1. The number of methoxy groups -OCH3 is 3. The maximum Gasteiger partial charge on any atom is 0.329 e. The number of carbonyl (C=O) groups is 6. The number of nitrogens with zero attached hydrogens (tertiary/aromatic N) is 12. The molecule has 5 fully saturated rings. The van der Waals surface area contributed by atoms with E-state index in [9.17, 15) is 49.2 Å². The van der Waals surface area contributed by atoms with E-state index in [4.69, 9.17) is 64.2 Å². The van der Waals surface area contributed by atoms with Gasteiger partial charge in [0.2, 0.25) is 23.5 Å². The minimum atomic E-state index is -2.47. The predicted molar refractivity (Wildman–Crippen MR) is 488 cm³/mol. The molecular formula is C96H134N16O18. The van der Waals surface area contributed by atoms with E-state index in [2.05, 4.69) is 65.7 Å². The van der Waals surface area contributed by atoms with Crippen molar-refractivity contribution in [2.45, 2.75) is 250 Å². The van der Waals surface area contributed by atoms with Crippen molar-refractivity contribution in [3.63, 3.8) is 0 Å². The smallest absolute Gasteiger partial charge is 0.329 e. The molecule has 0 unspecified atom stereocenters. The number of hydrogen-bond donors (Lipinski definition) is 8. The Labute approximate surface area is 760 Å². The van der Waals surface area contributed by atoms with E-state index in [1.165, 1.54) is 23.9 Å². The number of benzene rings is 2. The number of carbonyl (C=O) groups excluding carboxylic acids is 6. The number of ketones is 1. The van der Waals surface area contributed by atoms with Gasteiger partial charge in [-0.05, 0) is 187 Å². The van der Waals surface area contributed by atoms with Crippen molar-refractivity contribution in [3.05, 3.63) is 125 Å². The number of rotatable bonds is 23. The van der Waals surface area contributed by atoms with Crippen molar-refractivity contribution in [2.75, 3.05) is 103 Å². The van der Waals surface area contributed by atoms with Crippen LogP contribution in [0.4, 0.5) is 17.8 Å². The molecule has 1 saturated carbocycles. The molecule has 0 radical (unpaired) electrons. The van der Waals surface area contributed by atoms with E-state index in [1.807, 2.05) is 72.9 Å². The van der Waals surface area contributed by atoms with Gasteiger partial charge >= 0.3 is 5.97 Å². The van der Waals surface area contributed by atoms with Crippen molar-refractivity contribution in [2.24, 2.45) is 46.6 Å². The standard InChI is InChI=1S/C96H134N16O18/c1-57-16-12-11-13-17-58(2)78(123-8)48-72-24-19-63(7)96(122,130-72)88(118)92(120)111-34-15-14-18-74(111)93(121)128-79(60(4)44-64-21-25-75(113)80(46-64)124-9)49-76(114)59(3)43-62(6)86(117)87(125-10)84(61(5)42-57)107-127-55-81(115)100-50-66-51-101-95(102-52-66)109-38-30-71(31-39-109)108-35-27-67(28-36-108)91(119)99-33-41-126-40-32-82(116)110-37-29-68-45-65(20-22-70(68)54-110)53-112-90-83(89(97)103-56-104-90)85(106-112)69-23-26-77-73(47-69)105-94(98)129-77/h11-13,16-17,20,22-23,26,43,45,47,51-52,56-57,59-61,63-64,67,71-72,74-76,78-80,86-87,113-114,117,122H,14-15,18-19,21,24-25,27-42,44,46,48-50,53-55H2,1-10H3,(H2,98,105)(H,99,119)(H,100,115)(H2,97,103,104)/b13-11+,16-12+,58-17+,62-43+,107-84?/t57-,59-,60-,61-,63-,64+,72+,74+,75-,76-,78+,79+,80-,86-,87+,96-/m1/s1. The zero-order chi connectivity index (χ0) is 92.5. The number of fused-ring (bicyclic) bond motifs is 6. The number of Topliss-reactive ketones (excluding diaryl/α,β-unsaturated/α-hetero) is 1. The molecule has 13 rings (SSSR count). The average Bonchev–Trinajstić information content (AvgIpc) is 1.39. The Morgan fingerprint density at radius 2 is 1.55 bits per heavy atom. The number of nitrogens with one attached hydrogen (secondary N) is 2. The van der Waals surface area contributed by atoms with Crippen LogP contribution in [0.2, 0.25) is 0 Å². The molecule has 706 valence electrons. The number of ether oxygens (including phenoxy) is 6. The molecule has 34 heteroatoms. The van der Waals surface area contributed by atoms with Crippen LogP contribution in [-0.2, 0) is 88.1 Å². The third-order valence-electron chi connectivity index (χ3n) is 27.6. The number of amides is 4. The van der Waals surface area contributed by atoms with Gasteiger partial charge in [0.1, 0.15) is 47.7 Å². The van der Waals surface area contributed by atoms with Crippen molar-refractivity contribution >= 4 is 81.0 Å². The van der Waals surface area contributed by atoms with Crippen molar-refractivity contribution in [1.82, 2.24) is 60.0 Å². The fourth-order valence-corrected chi connectivity index (χ4v) is 19.7. The number of aromatic nitrogens is 7. The van der Waals surface area contributed by atoms with Gasteiger partial charge in [0.15, 0.2) is 17.8 Å². The molecule has 10 heterocycles. The minimum absolute atomic E-state index is 0.0201. The molecule has 34 nitrogen and oxygen atoms in total. The fourth-order valence-electron chi connectivity index (χ4n) is 19.7. The van der Waals surface area contributed by atoms with Crippen LogP contribution in [-0.4, -0.2) is 265 Å². The first-order valence-electron chi connectivity index (χ1n) is 46.5. The van der Waals surface area contributed by atoms with E-state index in [0.29, 0.717) is 159 Å². The molecule has 6 aliphatic heterocycles. The average molecular weight is 1800 g/mol. The Morgan fingerprint density at radius 3 is 2.32 bits per heavy atom. The highest BCUT2D eigenvalue weighted by Gasteiger charge is 2.53. The van der Waals surface area contributed by atoms with Gasteiger partial charge < -0.3 is 99.8 Å². The number of allylic oxidation sites excluding steroid dienone is 5. The summed E-state index contributed by atoms with van der Waals surface area (Å²) in [5, 5.41) is 63.6. The number of aliphatic hydroxyl groups excluding tert-OH is 3. The number of oxime groups is 1. The second kappa shape index (κ2) is 45.4. The Kier molecular flexibility index (Phi) is 34.1. The Hall–Kier alpha value is -10.0. The Morgan fingerprint density at radius 1 is 0.769 bits per heavy atom. The highest BCUT2D eigenvalue weighted by atomic mass is 16.6. The topological polar surface area (TPSA) is 445 Å². The van der Waals surface area contributed by atoms with Crippen LogP contribution in [0.1, 0.15) is 180 Å². The van der Waals surface area contributed by atoms with Crippen LogP contribution in [0.25, 0.3) is 33.4 Å². The molecule has 16 atom stereocenters. The number of cyclic esters (lactones) is 1.